The van der Waals surface area contributed by atoms with Crippen molar-refractivity contribution in [2.45, 2.75) is 24.9 Å². The van der Waals surface area contributed by atoms with Gasteiger partial charge in [-0.3, -0.25) is 9.69 Å². The highest BCUT2D eigenvalue weighted by atomic mass is 35.5. The summed E-state index contributed by atoms with van der Waals surface area (Å²) >= 11 is 0. The molecule has 0 radical (unpaired) electrons. The van der Waals surface area contributed by atoms with Crippen LogP contribution in [0.5, 0.6) is 0 Å². The molecule has 1 aliphatic carbocycles. The summed E-state index contributed by atoms with van der Waals surface area (Å²) in [6, 6.07) is 9.71. The molecule has 0 aliphatic heterocycles. The third-order valence-electron chi connectivity index (χ3n) is 3.65. The van der Waals surface area contributed by atoms with Crippen LogP contribution in [0.4, 0.5) is 0 Å². The summed E-state index contributed by atoms with van der Waals surface area (Å²) in [6.07, 6.45) is 2.36. The smallest absolute Gasteiger partial charge is 0.242 e. The zero-order chi connectivity index (χ0) is 13.8. The van der Waals surface area contributed by atoms with Gasteiger partial charge in [0.1, 0.15) is 6.04 Å². The van der Waals surface area contributed by atoms with Gasteiger partial charge in [0, 0.05) is 12.6 Å². The maximum Gasteiger partial charge on any atom is 0.242 e. The maximum atomic E-state index is 12.5. The van der Waals surface area contributed by atoms with Crippen molar-refractivity contribution < 1.29 is 4.79 Å². The fraction of sp³-hybridized carbons (Fsp3) is 0.533. The van der Waals surface area contributed by atoms with Gasteiger partial charge >= 0.3 is 0 Å². The van der Waals surface area contributed by atoms with E-state index in [1.54, 1.807) is 0 Å². The lowest BCUT2D eigenvalue weighted by Crippen LogP contribution is -2.46. The second kappa shape index (κ2) is 9.26. The minimum absolute atomic E-state index is 0. The third kappa shape index (κ3) is 5.47. The Morgan fingerprint density at radius 3 is 2.29 bits per heavy atom. The average molecular weight is 334 g/mol. The Kier molecular flexibility index (Phi) is 8.90. The Morgan fingerprint density at radius 1 is 1.29 bits per heavy atom. The zero-order valence-corrected chi connectivity index (χ0v) is 14.1. The van der Waals surface area contributed by atoms with Gasteiger partial charge in [0.05, 0.1) is 0 Å². The summed E-state index contributed by atoms with van der Waals surface area (Å²) in [4.78, 5) is 14.4. The molecule has 6 heteroatoms. The van der Waals surface area contributed by atoms with Crippen LogP contribution in [0, 0.1) is 5.92 Å². The third-order valence-corrected chi connectivity index (χ3v) is 3.65. The number of halogens is 2. The Bertz CT molecular complexity index is 424. The molecular formula is C15H25Cl2N3O. The number of likely N-dealkylation sites (N-methyl/N-ethyl adjacent to an activating group) is 1. The Labute approximate surface area is 139 Å². The normalized spacial score (nSPS) is 16.4. The second-order valence-electron chi connectivity index (χ2n) is 5.47. The van der Waals surface area contributed by atoms with Gasteiger partial charge < -0.3 is 11.1 Å². The van der Waals surface area contributed by atoms with Crippen LogP contribution in [0.1, 0.15) is 24.4 Å². The van der Waals surface area contributed by atoms with Crippen LogP contribution in [0.15, 0.2) is 30.3 Å². The van der Waals surface area contributed by atoms with Gasteiger partial charge in [0.2, 0.25) is 5.91 Å². The molecule has 120 valence electrons. The first kappa shape index (κ1) is 20.2. The highest BCUT2D eigenvalue weighted by Crippen LogP contribution is 2.32. The van der Waals surface area contributed by atoms with Gasteiger partial charge in [0.15, 0.2) is 0 Å². The number of amides is 1. The quantitative estimate of drug-likeness (QED) is 0.836. The lowest BCUT2D eigenvalue weighted by atomic mass is 10.0. The number of benzene rings is 1. The number of nitrogens with zero attached hydrogens (tertiary/aromatic N) is 1. The van der Waals surface area contributed by atoms with Gasteiger partial charge in [0.25, 0.3) is 0 Å². The largest absolute Gasteiger partial charge is 0.350 e. The van der Waals surface area contributed by atoms with Crippen molar-refractivity contribution in [1.29, 1.82) is 0 Å². The van der Waals surface area contributed by atoms with Crippen LogP contribution in [-0.4, -0.2) is 37.5 Å². The van der Waals surface area contributed by atoms with Crippen LogP contribution in [0.3, 0.4) is 0 Å². The van der Waals surface area contributed by atoms with E-state index in [-0.39, 0.29) is 42.8 Å². The Morgan fingerprint density at radius 2 is 1.86 bits per heavy atom. The van der Waals surface area contributed by atoms with Gasteiger partial charge in [-0.15, -0.1) is 24.8 Å². The van der Waals surface area contributed by atoms with Gasteiger partial charge in [-0.05, 0) is 38.4 Å². The molecule has 0 bridgehead atoms. The monoisotopic (exact) mass is 333 g/mol. The zero-order valence-electron chi connectivity index (χ0n) is 12.5. The molecule has 1 aliphatic rings. The maximum absolute atomic E-state index is 12.5. The van der Waals surface area contributed by atoms with Crippen molar-refractivity contribution in [3.63, 3.8) is 0 Å². The number of nitrogens with one attached hydrogen (secondary N) is 1. The molecule has 0 spiro atoms. The summed E-state index contributed by atoms with van der Waals surface area (Å²) in [5.74, 6) is 0.617. The minimum Gasteiger partial charge on any atom is -0.350 e. The molecule has 0 saturated heterocycles. The first-order chi connectivity index (χ1) is 9.13. The van der Waals surface area contributed by atoms with Crippen molar-refractivity contribution in [2.24, 2.45) is 11.7 Å². The predicted molar refractivity (Wildman–Crippen MR) is 91.1 cm³/mol. The molecule has 1 aromatic rings. The van der Waals surface area contributed by atoms with Gasteiger partial charge in [-0.25, -0.2) is 0 Å². The van der Waals surface area contributed by atoms with E-state index in [0.29, 0.717) is 12.5 Å². The number of rotatable bonds is 6. The molecule has 1 saturated carbocycles. The SMILES string of the molecule is CN(C)C(C(=O)NC(CN)C1CC1)c1ccccc1.Cl.Cl. The number of hydrogen-bond donors (Lipinski definition) is 2. The molecule has 2 rings (SSSR count). The second-order valence-corrected chi connectivity index (χ2v) is 5.47. The van der Waals surface area contributed by atoms with Crippen molar-refractivity contribution in [1.82, 2.24) is 10.2 Å². The lowest BCUT2D eigenvalue weighted by Gasteiger charge is -2.26. The van der Waals surface area contributed by atoms with Crippen LogP contribution < -0.4 is 11.1 Å². The van der Waals surface area contributed by atoms with Crippen LogP contribution >= 0.6 is 24.8 Å². The first-order valence-electron chi connectivity index (χ1n) is 6.85. The van der Waals surface area contributed by atoms with E-state index in [9.17, 15) is 4.79 Å². The van der Waals surface area contributed by atoms with Gasteiger partial charge in [-0.2, -0.15) is 0 Å². The molecule has 1 fully saturated rings. The van der Waals surface area contributed by atoms with E-state index in [1.165, 1.54) is 12.8 Å². The van der Waals surface area contributed by atoms with E-state index >= 15 is 0 Å². The highest BCUT2D eigenvalue weighted by Gasteiger charge is 2.33. The van der Waals surface area contributed by atoms with E-state index < -0.39 is 0 Å². The molecule has 0 heterocycles. The molecule has 4 nitrogen and oxygen atoms in total. The van der Waals surface area contributed by atoms with Crippen LogP contribution in [0.2, 0.25) is 0 Å². The molecular weight excluding hydrogens is 309 g/mol. The molecule has 21 heavy (non-hydrogen) atoms. The summed E-state index contributed by atoms with van der Waals surface area (Å²) in [6.45, 7) is 0.519. The molecule has 0 aromatic heterocycles. The molecule has 3 N–H and O–H groups in total. The molecule has 1 amide bonds. The lowest BCUT2D eigenvalue weighted by molar-refractivity contribution is -0.126. The van der Waals surface area contributed by atoms with Crippen LogP contribution in [0.25, 0.3) is 0 Å². The standard InChI is InChI=1S/C15H23N3O.2ClH/c1-18(2)14(12-6-4-3-5-7-12)15(19)17-13(10-16)11-8-9-11;;/h3-7,11,13-14H,8-10,16H2,1-2H3,(H,17,19);2*1H. The Balaban J connectivity index is 0.00000200. The van der Waals surface area contributed by atoms with E-state index in [1.807, 2.05) is 49.3 Å². The first-order valence-corrected chi connectivity index (χ1v) is 6.85. The van der Waals surface area contributed by atoms with Crippen molar-refractivity contribution in [3.8, 4) is 0 Å². The van der Waals surface area contributed by atoms with Crippen molar-refractivity contribution in [3.05, 3.63) is 35.9 Å². The van der Waals surface area contributed by atoms with Crippen molar-refractivity contribution >= 4 is 30.7 Å². The average Bonchev–Trinajstić information content (AvgIpc) is 3.21. The number of carbonyl (C=O) groups excluding carboxylic acids is 1. The summed E-state index contributed by atoms with van der Waals surface area (Å²) in [7, 11) is 3.84. The summed E-state index contributed by atoms with van der Waals surface area (Å²) in [5, 5.41) is 3.10. The fourth-order valence-electron chi connectivity index (χ4n) is 2.45. The molecule has 2 unspecified atom stereocenters. The number of carbonyl (C=O) groups is 1. The summed E-state index contributed by atoms with van der Waals surface area (Å²) in [5.41, 5.74) is 6.76. The van der Waals surface area contributed by atoms with Crippen molar-refractivity contribution in [2.75, 3.05) is 20.6 Å². The van der Waals surface area contributed by atoms with E-state index in [4.69, 9.17) is 5.73 Å². The number of hydrogen-bond acceptors (Lipinski definition) is 3. The number of nitrogens with two attached hydrogens (primary N) is 1. The Hall–Kier alpha value is -0.810. The van der Waals surface area contributed by atoms with E-state index in [0.717, 1.165) is 5.56 Å². The molecule has 1 aromatic carbocycles. The minimum atomic E-state index is -0.256. The topological polar surface area (TPSA) is 58.4 Å². The fourth-order valence-corrected chi connectivity index (χ4v) is 2.45. The molecule has 2 atom stereocenters. The van der Waals surface area contributed by atoms with E-state index in [2.05, 4.69) is 5.32 Å². The highest BCUT2D eigenvalue weighted by molar-refractivity contribution is 5.85. The van der Waals surface area contributed by atoms with Crippen LogP contribution in [-0.2, 0) is 4.79 Å². The summed E-state index contributed by atoms with van der Waals surface area (Å²) < 4.78 is 0. The van der Waals surface area contributed by atoms with Gasteiger partial charge in [-0.1, -0.05) is 30.3 Å². The predicted octanol–water partition coefficient (Wildman–Crippen LogP) is 1.99.